The van der Waals surface area contributed by atoms with E-state index >= 15 is 0 Å². The van der Waals surface area contributed by atoms with E-state index < -0.39 is 0 Å². The summed E-state index contributed by atoms with van der Waals surface area (Å²) in [6, 6.07) is -0.165. The Morgan fingerprint density at radius 1 is 1.05 bits per heavy atom. The van der Waals surface area contributed by atoms with Gasteiger partial charge in [0.15, 0.2) is 0 Å². The first-order chi connectivity index (χ1) is 9.00. The van der Waals surface area contributed by atoms with Crippen LogP contribution in [-0.2, 0) is 9.59 Å². The maximum atomic E-state index is 12.2. The van der Waals surface area contributed by atoms with Gasteiger partial charge < -0.3 is 10.2 Å². The Labute approximate surface area is 116 Å². The first-order valence-electron chi connectivity index (χ1n) is 7.32. The summed E-state index contributed by atoms with van der Waals surface area (Å²) in [5.41, 5.74) is 0. The van der Waals surface area contributed by atoms with Crippen molar-refractivity contribution in [3.05, 3.63) is 0 Å². The molecule has 0 aromatic rings. The van der Waals surface area contributed by atoms with Gasteiger partial charge in [0.05, 0.1) is 12.6 Å². The third kappa shape index (κ3) is 6.05. The van der Waals surface area contributed by atoms with Gasteiger partial charge in [0.2, 0.25) is 11.8 Å². The predicted octanol–water partition coefficient (Wildman–Crippen LogP) is 0.892. The number of carbonyl (C=O) groups excluding carboxylic acids is 2. The summed E-state index contributed by atoms with van der Waals surface area (Å²) in [4.78, 5) is 25.7. The number of nitrogens with zero attached hydrogens (tertiary/aromatic N) is 1. The van der Waals surface area contributed by atoms with Gasteiger partial charge in [0, 0.05) is 19.1 Å². The van der Waals surface area contributed by atoms with Crippen molar-refractivity contribution in [3.8, 4) is 0 Å². The Kier molecular flexibility index (Phi) is 6.84. The molecule has 0 radical (unpaired) electrons. The Morgan fingerprint density at radius 2 is 1.63 bits per heavy atom. The van der Waals surface area contributed by atoms with E-state index in [-0.39, 0.29) is 30.4 Å². The molecule has 0 saturated carbocycles. The fourth-order valence-electron chi connectivity index (χ4n) is 2.27. The van der Waals surface area contributed by atoms with Crippen LogP contribution in [0.4, 0.5) is 0 Å². The van der Waals surface area contributed by atoms with E-state index in [0.29, 0.717) is 0 Å². The Balaban J connectivity index is 2.33. The number of amides is 2. The van der Waals surface area contributed by atoms with Crippen molar-refractivity contribution in [2.45, 2.75) is 58.5 Å². The van der Waals surface area contributed by atoms with Crippen molar-refractivity contribution in [1.29, 1.82) is 0 Å². The maximum absolute atomic E-state index is 12.2. The highest BCUT2D eigenvalue weighted by molar-refractivity contribution is 5.83. The molecule has 1 fully saturated rings. The van der Waals surface area contributed by atoms with Gasteiger partial charge in [-0.3, -0.25) is 14.9 Å². The van der Waals surface area contributed by atoms with Crippen molar-refractivity contribution in [2.24, 2.45) is 0 Å². The largest absolute Gasteiger partial charge is 0.353 e. The molecule has 1 heterocycles. The quantitative estimate of drug-likeness (QED) is 0.779. The molecule has 1 unspecified atom stereocenters. The van der Waals surface area contributed by atoms with E-state index in [1.807, 2.05) is 25.7 Å². The van der Waals surface area contributed by atoms with Crippen molar-refractivity contribution in [2.75, 3.05) is 19.6 Å². The first-order valence-corrected chi connectivity index (χ1v) is 7.32. The lowest BCUT2D eigenvalue weighted by molar-refractivity contribution is -0.133. The van der Waals surface area contributed by atoms with E-state index in [1.54, 1.807) is 0 Å². The molecule has 1 aliphatic rings. The zero-order valence-corrected chi connectivity index (χ0v) is 12.4. The minimum Gasteiger partial charge on any atom is -0.353 e. The molecule has 0 bridgehead atoms. The minimum atomic E-state index is -0.295. The highest BCUT2D eigenvalue weighted by Gasteiger charge is 2.21. The molecule has 110 valence electrons. The third-order valence-electron chi connectivity index (χ3n) is 3.31. The van der Waals surface area contributed by atoms with Crippen LogP contribution in [0.25, 0.3) is 0 Å². The highest BCUT2D eigenvalue weighted by atomic mass is 16.2. The van der Waals surface area contributed by atoms with Crippen LogP contribution < -0.4 is 10.6 Å². The Morgan fingerprint density at radius 3 is 2.16 bits per heavy atom. The van der Waals surface area contributed by atoms with Gasteiger partial charge in [-0.2, -0.15) is 0 Å². The van der Waals surface area contributed by atoms with E-state index in [0.717, 1.165) is 25.9 Å². The predicted molar refractivity (Wildman–Crippen MR) is 75.8 cm³/mol. The Hall–Kier alpha value is -1.10. The van der Waals surface area contributed by atoms with Crippen LogP contribution in [0.3, 0.4) is 0 Å². The number of carbonyl (C=O) groups is 2. The van der Waals surface area contributed by atoms with Crippen molar-refractivity contribution >= 4 is 11.8 Å². The maximum Gasteiger partial charge on any atom is 0.239 e. The van der Waals surface area contributed by atoms with Crippen LogP contribution in [0.2, 0.25) is 0 Å². The number of hydrogen-bond acceptors (Lipinski definition) is 3. The monoisotopic (exact) mass is 269 g/mol. The number of rotatable bonds is 5. The molecule has 1 atom stereocenters. The minimum absolute atomic E-state index is 0.0643. The Bertz CT molecular complexity index is 297. The molecule has 0 aromatic carbocycles. The van der Waals surface area contributed by atoms with Crippen LogP contribution >= 0.6 is 0 Å². The summed E-state index contributed by atoms with van der Waals surface area (Å²) in [6.07, 6.45) is 4.60. The summed E-state index contributed by atoms with van der Waals surface area (Å²) in [7, 11) is 0. The zero-order valence-electron chi connectivity index (χ0n) is 12.4. The molecular weight excluding hydrogens is 242 g/mol. The third-order valence-corrected chi connectivity index (χ3v) is 3.31. The molecule has 5 nitrogen and oxygen atoms in total. The van der Waals surface area contributed by atoms with Crippen molar-refractivity contribution in [3.63, 3.8) is 0 Å². The standard InChI is InChI=1S/C14H27N3O2/c1-11(2)16-13(18)10-15-12(3)14(19)17-8-6-4-5-7-9-17/h11-12,15H,4-10H2,1-3H3,(H,16,18). The van der Waals surface area contributed by atoms with Crippen molar-refractivity contribution in [1.82, 2.24) is 15.5 Å². The van der Waals surface area contributed by atoms with E-state index in [2.05, 4.69) is 10.6 Å². The van der Waals surface area contributed by atoms with Crippen LogP contribution in [0.1, 0.15) is 46.5 Å². The van der Waals surface area contributed by atoms with Gasteiger partial charge in [-0.05, 0) is 33.6 Å². The fraction of sp³-hybridized carbons (Fsp3) is 0.857. The summed E-state index contributed by atoms with van der Waals surface area (Å²) in [5.74, 6) is 0.0461. The van der Waals surface area contributed by atoms with Crippen LogP contribution in [-0.4, -0.2) is 48.4 Å². The van der Waals surface area contributed by atoms with E-state index in [9.17, 15) is 9.59 Å². The number of hydrogen-bond donors (Lipinski definition) is 2. The second-order valence-corrected chi connectivity index (χ2v) is 5.56. The first kappa shape index (κ1) is 16.0. The molecule has 1 aliphatic heterocycles. The summed E-state index contributed by atoms with van der Waals surface area (Å²) >= 11 is 0. The SMILES string of the molecule is CC(C)NC(=O)CNC(C)C(=O)N1CCCCCC1. The second-order valence-electron chi connectivity index (χ2n) is 5.56. The van der Waals surface area contributed by atoms with Gasteiger partial charge >= 0.3 is 0 Å². The number of likely N-dealkylation sites (tertiary alicyclic amines) is 1. The molecule has 0 aromatic heterocycles. The molecule has 0 aliphatic carbocycles. The summed E-state index contributed by atoms with van der Waals surface area (Å²) in [6.45, 7) is 7.56. The molecular formula is C14H27N3O2. The number of nitrogens with one attached hydrogen (secondary N) is 2. The molecule has 5 heteroatoms. The van der Waals surface area contributed by atoms with Crippen LogP contribution in [0, 0.1) is 0 Å². The van der Waals surface area contributed by atoms with E-state index in [1.165, 1.54) is 12.8 Å². The van der Waals surface area contributed by atoms with Gasteiger partial charge in [-0.15, -0.1) is 0 Å². The second kappa shape index (κ2) is 8.15. The molecule has 2 amide bonds. The van der Waals surface area contributed by atoms with Crippen LogP contribution in [0.5, 0.6) is 0 Å². The molecule has 1 rings (SSSR count). The lowest BCUT2D eigenvalue weighted by atomic mass is 10.2. The topological polar surface area (TPSA) is 61.4 Å². The highest BCUT2D eigenvalue weighted by Crippen LogP contribution is 2.10. The lowest BCUT2D eigenvalue weighted by Gasteiger charge is -2.24. The van der Waals surface area contributed by atoms with Crippen molar-refractivity contribution < 1.29 is 9.59 Å². The average Bonchev–Trinajstić information content (AvgIpc) is 2.63. The van der Waals surface area contributed by atoms with Gasteiger partial charge in [0.25, 0.3) is 0 Å². The van der Waals surface area contributed by atoms with Gasteiger partial charge in [-0.1, -0.05) is 12.8 Å². The fourth-order valence-corrected chi connectivity index (χ4v) is 2.27. The normalized spacial score (nSPS) is 18.0. The average molecular weight is 269 g/mol. The lowest BCUT2D eigenvalue weighted by Crippen LogP contribution is -2.48. The molecule has 2 N–H and O–H groups in total. The van der Waals surface area contributed by atoms with Gasteiger partial charge in [0.1, 0.15) is 0 Å². The zero-order chi connectivity index (χ0) is 14.3. The van der Waals surface area contributed by atoms with E-state index in [4.69, 9.17) is 0 Å². The van der Waals surface area contributed by atoms with Crippen LogP contribution in [0.15, 0.2) is 0 Å². The smallest absolute Gasteiger partial charge is 0.239 e. The van der Waals surface area contributed by atoms with Gasteiger partial charge in [-0.25, -0.2) is 0 Å². The summed E-state index contributed by atoms with van der Waals surface area (Å²) in [5, 5.41) is 5.80. The molecule has 19 heavy (non-hydrogen) atoms. The summed E-state index contributed by atoms with van der Waals surface area (Å²) < 4.78 is 0. The molecule has 1 saturated heterocycles. The molecule has 0 spiro atoms.